The van der Waals surface area contributed by atoms with Crippen LogP contribution in [0.15, 0.2) is 42.5 Å². The lowest BCUT2D eigenvalue weighted by atomic mass is 10.0. The minimum absolute atomic E-state index is 0.0487. The summed E-state index contributed by atoms with van der Waals surface area (Å²) in [5, 5.41) is 20.5. The Morgan fingerprint density at radius 1 is 1.23 bits per heavy atom. The van der Waals surface area contributed by atoms with Crippen molar-refractivity contribution in [1.82, 2.24) is 0 Å². The fourth-order valence-corrected chi connectivity index (χ4v) is 2.07. The van der Waals surface area contributed by atoms with E-state index >= 15 is 0 Å². The van der Waals surface area contributed by atoms with Gasteiger partial charge in [0.25, 0.3) is 5.69 Å². The summed E-state index contributed by atoms with van der Waals surface area (Å²) in [6, 6.07) is 10.6. The number of halogens is 1. The molecule has 22 heavy (non-hydrogen) atoms. The van der Waals surface area contributed by atoms with Crippen LogP contribution < -0.4 is 0 Å². The molecule has 1 N–H and O–H groups in total. The fraction of sp³-hybridized carbons (Fsp3) is 0.0625. The van der Waals surface area contributed by atoms with E-state index in [1.807, 2.05) is 6.92 Å². The molecule has 0 unspecified atom stereocenters. The maximum atomic E-state index is 11.5. The molecule has 0 amide bonds. The van der Waals surface area contributed by atoms with Gasteiger partial charge in [0.05, 0.1) is 10.5 Å². The summed E-state index contributed by atoms with van der Waals surface area (Å²) < 4.78 is 0. The average molecular weight is 318 g/mol. The minimum Gasteiger partial charge on any atom is -0.478 e. The van der Waals surface area contributed by atoms with Crippen LogP contribution in [0.3, 0.4) is 0 Å². The number of carbonyl (C=O) groups is 1. The number of carboxylic acid groups (broad SMARTS) is 1. The van der Waals surface area contributed by atoms with Crippen molar-refractivity contribution in [2.75, 3.05) is 0 Å². The molecule has 0 heterocycles. The van der Waals surface area contributed by atoms with Crippen molar-refractivity contribution in [1.29, 1.82) is 0 Å². The van der Waals surface area contributed by atoms with Gasteiger partial charge in [-0.3, -0.25) is 10.1 Å². The molecule has 0 fully saturated rings. The van der Waals surface area contributed by atoms with E-state index in [4.69, 9.17) is 11.6 Å². The predicted octanol–water partition coefficient (Wildman–Crippen LogP) is 4.18. The van der Waals surface area contributed by atoms with Crippen molar-refractivity contribution in [3.05, 3.63) is 74.3 Å². The van der Waals surface area contributed by atoms with E-state index in [0.717, 1.165) is 5.56 Å². The Kier molecular flexibility index (Phi) is 4.58. The van der Waals surface area contributed by atoms with Crippen molar-refractivity contribution < 1.29 is 14.8 Å². The molecule has 0 bridgehead atoms. The molecule has 0 saturated heterocycles. The van der Waals surface area contributed by atoms with Gasteiger partial charge in [-0.25, -0.2) is 4.79 Å². The molecule has 0 aliphatic heterocycles. The lowest BCUT2D eigenvalue weighted by molar-refractivity contribution is -0.384. The Morgan fingerprint density at radius 2 is 1.86 bits per heavy atom. The molecule has 2 aromatic rings. The molecule has 2 rings (SSSR count). The first-order valence-corrected chi connectivity index (χ1v) is 6.72. The highest BCUT2D eigenvalue weighted by atomic mass is 35.5. The van der Waals surface area contributed by atoms with Gasteiger partial charge in [0.15, 0.2) is 0 Å². The third kappa shape index (κ3) is 3.51. The highest BCUT2D eigenvalue weighted by molar-refractivity contribution is 6.32. The molecule has 0 spiro atoms. The maximum Gasteiger partial charge on any atom is 0.336 e. The monoisotopic (exact) mass is 317 g/mol. The standard InChI is InChI=1S/C16H12ClNO4/c1-10-2-5-12(9-15(10)17)14(16(19)20)8-11-3-6-13(7-4-11)18(21)22/h2-9H,1H3,(H,19,20)/b14-8-. The van der Waals surface area contributed by atoms with Crippen molar-refractivity contribution in [2.24, 2.45) is 0 Å². The Hall–Kier alpha value is -2.66. The third-order valence-electron chi connectivity index (χ3n) is 3.13. The Bertz CT molecular complexity index is 766. The second kappa shape index (κ2) is 6.41. The summed E-state index contributed by atoms with van der Waals surface area (Å²) in [6.45, 7) is 1.83. The van der Waals surface area contributed by atoms with Gasteiger partial charge in [0.1, 0.15) is 0 Å². The van der Waals surface area contributed by atoms with Crippen LogP contribution >= 0.6 is 11.6 Å². The van der Waals surface area contributed by atoms with Crippen LogP contribution in [0.5, 0.6) is 0 Å². The molecule has 5 nitrogen and oxygen atoms in total. The van der Waals surface area contributed by atoms with Crippen LogP contribution in [-0.4, -0.2) is 16.0 Å². The van der Waals surface area contributed by atoms with Crippen LogP contribution in [0.2, 0.25) is 5.02 Å². The molecule has 0 aromatic heterocycles. The predicted molar refractivity (Wildman–Crippen MR) is 84.8 cm³/mol. The Balaban J connectivity index is 2.44. The van der Waals surface area contributed by atoms with Crippen LogP contribution in [0.4, 0.5) is 5.69 Å². The van der Waals surface area contributed by atoms with E-state index in [9.17, 15) is 20.0 Å². The maximum absolute atomic E-state index is 11.5. The summed E-state index contributed by atoms with van der Waals surface area (Å²) in [5.74, 6) is -1.10. The normalized spacial score (nSPS) is 11.3. The highest BCUT2D eigenvalue weighted by Crippen LogP contribution is 2.25. The van der Waals surface area contributed by atoms with Gasteiger partial charge in [-0.15, -0.1) is 0 Å². The second-order valence-electron chi connectivity index (χ2n) is 4.68. The summed E-state index contributed by atoms with van der Waals surface area (Å²) in [6.07, 6.45) is 1.45. The smallest absolute Gasteiger partial charge is 0.336 e. The Labute approximate surface area is 131 Å². The molecular formula is C16H12ClNO4. The lowest BCUT2D eigenvalue weighted by Gasteiger charge is -2.06. The van der Waals surface area contributed by atoms with E-state index in [-0.39, 0.29) is 11.3 Å². The number of aliphatic carboxylic acids is 1. The van der Waals surface area contributed by atoms with Crippen LogP contribution in [0.25, 0.3) is 11.6 Å². The number of hydrogen-bond acceptors (Lipinski definition) is 3. The van der Waals surface area contributed by atoms with Gasteiger partial charge in [-0.2, -0.15) is 0 Å². The van der Waals surface area contributed by atoms with Gasteiger partial charge < -0.3 is 5.11 Å². The van der Waals surface area contributed by atoms with Gasteiger partial charge in [0, 0.05) is 17.2 Å². The zero-order valence-corrected chi connectivity index (χ0v) is 12.4. The first-order chi connectivity index (χ1) is 10.4. The van der Waals surface area contributed by atoms with E-state index in [1.54, 1.807) is 18.2 Å². The first kappa shape index (κ1) is 15.7. The molecular weight excluding hydrogens is 306 g/mol. The lowest BCUT2D eigenvalue weighted by Crippen LogP contribution is -2.00. The number of nitro benzene ring substituents is 1. The Morgan fingerprint density at radius 3 is 2.36 bits per heavy atom. The molecule has 0 radical (unpaired) electrons. The zero-order valence-electron chi connectivity index (χ0n) is 11.6. The number of nitrogens with zero attached hydrogens (tertiary/aromatic N) is 1. The SMILES string of the molecule is Cc1ccc(/C(=C/c2ccc([N+](=O)[O-])cc2)C(=O)O)cc1Cl. The molecule has 0 atom stereocenters. The topological polar surface area (TPSA) is 80.4 Å². The highest BCUT2D eigenvalue weighted by Gasteiger charge is 2.12. The average Bonchev–Trinajstić information content (AvgIpc) is 2.48. The third-order valence-corrected chi connectivity index (χ3v) is 3.54. The molecule has 2 aromatic carbocycles. The largest absolute Gasteiger partial charge is 0.478 e. The number of non-ortho nitro benzene ring substituents is 1. The number of nitro groups is 1. The molecule has 6 heteroatoms. The van der Waals surface area contributed by atoms with Crippen molar-refractivity contribution in [3.63, 3.8) is 0 Å². The minimum atomic E-state index is -1.10. The van der Waals surface area contributed by atoms with Gasteiger partial charge in [-0.05, 0) is 47.9 Å². The number of carboxylic acids is 1. The van der Waals surface area contributed by atoms with E-state index in [2.05, 4.69) is 0 Å². The summed E-state index contributed by atoms with van der Waals surface area (Å²) in [7, 11) is 0. The van der Waals surface area contributed by atoms with Crippen molar-refractivity contribution in [2.45, 2.75) is 6.92 Å². The second-order valence-corrected chi connectivity index (χ2v) is 5.08. The number of aryl methyl sites for hydroxylation is 1. The van der Waals surface area contributed by atoms with E-state index in [0.29, 0.717) is 16.1 Å². The number of rotatable bonds is 4. The fourth-order valence-electron chi connectivity index (χ4n) is 1.89. The van der Waals surface area contributed by atoms with Gasteiger partial charge in [0.2, 0.25) is 0 Å². The summed E-state index contributed by atoms with van der Waals surface area (Å²) in [4.78, 5) is 21.6. The van der Waals surface area contributed by atoms with Gasteiger partial charge >= 0.3 is 5.97 Å². The molecule has 0 aliphatic rings. The van der Waals surface area contributed by atoms with Crippen LogP contribution in [0, 0.1) is 17.0 Å². The van der Waals surface area contributed by atoms with Crippen molar-refractivity contribution in [3.8, 4) is 0 Å². The molecule has 0 saturated carbocycles. The van der Waals surface area contributed by atoms with E-state index in [1.165, 1.54) is 30.3 Å². The van der Waals surface area contributed by atoms with Crippen molar-refractivity contribution >= 4 is 34.9 Å². The quantitative estimate of drug-likeness (QED) is 0.397. The molecule has 112 valence electrons. The summed E-state index contributed by atoms with van der Waals surface area (Å²) >= 11 is 6.03. The summed E-state index contributed by atoms with van der Waals surface area (Å²) in [5.41, 5.74) is 1.90. The van der Waals surface area contributed by atoms with E-state index < -0.39 is 10.9 Å². The van der Waals surface area contributed by atoms with Crippen LogP contribution in [-0.2, 0) is 4.79 Å². The zero-order chi connectivity index (χ0) is 16.3. The molecule has 0 aliphatic carbocycles. The number of hydrogen-bond donors (Lipinski definition) is 1. The number of benzene rings is 2. The first-order valence-electron chi connectivity index (χ1n) is 6.34. The van der Waals surface area contributed by atoms with Gasteiger partial charge in [-0.1, -0.05) is 23.7 Å². The van der Waals surface area contributed by atoms with Crippen LogP contribution in [0.1, 0.15) is 16.7 Å².